The Kier molecular flexibility index (Phi) is 4.62. The molecule has 0 unspecified atom stereocenters. The first-order valence-electron chi connectivity index (χ1n) is 6.40. The molecule has 0 aliphatic heterocycles. The lowest BCUT2D eigenvalue weighted by Crippen LogP contribution is -2.07. The van der Waals surface area contributed by atoms with Gasteiger partial charge in [0.05, 0.1) is 13.0 Å². The molecule has 0 aliphatic carbocycles. The van der Waals surface area contributed by atoms with Gasteiger partial charge in [0, 0.05) is 17.2 Å². The van der Waals surface area contributed by atoms with E-state index in [0.29, 0.717) is 11.6 Å². The van der Waals surface area contributed by atoms with E-state index in [1.165, 1.54) is 18.2 Å². The molecule has 2 aromatic carbocycles. The molecule has 0 bridgehead atoms. The van der Waals surface area contributed by atoms with Crippen LogP contribution in [0, 0.1) is 17.5 Å². The van der Waals surface area contributed by atoms with E-state index in [4.69, 9.17) is 4.74 Å². The number of hydrogen-bond acceptors (Lipinski definition) is 2. The third-order valence-electron chi connectivity index (χ3n) is 2.91. The van der Waals surface area contributed by atoms with E-state index < -0.39 is 23.4 Å². The van der Waals surface area contributed by atoms with E-state index in [-0.39, 0.29) is 24.2 Å². The summed E-state index contributed by atoms with van der Waals surface area (Å²) in [6.07, 6.45) is -0.0586. The minimum absolute atomic E-state index is 0.0140. The average molecular weight is 294 g/mol. The largest absolute Gasteiger partial charge is 0.466 e. The lowest BCUT2D eigenvalue weighted by Gasteiger charge is -2.08. The number of esters is 1. The minimum Gasteiger partial charge on any atom is -0.466 e. The van der Waals surface area contributed by atoms with Gasteiger partial charge in [-0.2, -0.15) is 0 Å². The highest BCUT2D eigenvalue weighted by Crippen LogP contribution is 2.27. The van der Waals surface area contributed by atoms with Gasteiger partial charge in [-0.1, -0.05) is 12.1 Å². The maximum absolute atomic E-state index is 14.0. The Hall–Kier alpha value is -2.30. The zero-order chi connectivity index (χ0) is 15.4. The normalized spacial score (nSPS) is 10.5. The van der Waals surface area contributed by atoms with Crippen LogP contribution in [0.1, 0.15) is 12.5 Å². The van der Waals surface area contributed by atoms with Crippen molar-refractivity contribution >= 4 is 5.97 Å². The molecule has 2 aromatic rings. The van der Waals surface area contributed by atoms with Gasteiger partial charge in [-0.15, -0.1) is 0 Å². The van der Waals surface area contributed by atoms with Gasteiger partial charge in [0.1, 0.15) is 17.5 Å². The first kappa shape index (κ1) is 15.1. The summed E-state index contributed by atoms with van der Waals surface area (Å²) in [7, 11) is 0. The average Bonchev–Trinajstić information content (AvgIpc) is 2.40. The van der Waals surface area contributed by atoms with E-state index in [2.05, 4.69) is 0 Å². The SMILES string of the molecule is CCOC(=O)Cc1ccc(-c2ccc(F)cc2F)c(F)c1. The molecule has 0 spiro atoms. The lowest BCUT2D eigenvalue weighted by molar-refractivity contribution is -0.142. The van der Waals surface area contributed by atoms with Crippen molar-refractivity contribution in [2.75, 3.05) is 6.61 Å². The quantitative estimate of drug-likeness (QED) is 0.800. The molecule has 0 saturated heterocycles. The van der Waals surface area contributed by atoms with Crippen LogP contribution in [0.5, 0.6) is 0 Å². The summed E-state index contributed by atoms with van der Waals surface area (Å²) < 4.78 is 45.3. The summed E-state index contributed by atoms with van der Waals surface area (Å²) in [6.45, 7) is 1.93. The second-order valence-corrected chi connectivity index (χ2v) is 4.42. The van der Waals surface area contributed by atoms with Gasteiger partial charge >= 0.3 is 5.97 Å². The van der Waals surface area contributed by atoms with Gasteiger partial charge in [0.2, 0.25) is 0 Å². The molecule has 0 radical (unpaired) electrons. The van der Waals surface area contributed by atoms with E-state index >= 15 is 0 Å². The Morgan fingerprint density at radius 1 is 1.00 bits per heavy atom. The van der Waals surface area contributed by atoms with Crippen LogP contribution in [-0.2, 0) is 16.0 Å². The Morgan fingerprint density at radius 2 is 1.62 bits per heavy atom. The molecule has 2 nitrogen and oxygen atoms in total. The highest BCUT2D eigenvalue weighted by Gasteiger charge is 2.13. The molecular formula is C16H13F3O2. The van der Waals surface area contributed by atoms with Crippen molar-refractivity contribution in [1.82, 2.24) is 0 Å². The van der Waals surface area contributed by atoms with Gasteiger partial charge in [0.15, 0.2) is 0 Å². The molecule has 0 saturated carbocycles. The highest BCUT2D eigenvalue weighted by molar-refractivity contribution is 5.73. The number of carbonyl (C=O) groups is 1. The number of ether oxygens (including phenoxy) is 1. The Balaban J connectivity index is 2.29. The summed E-state index contributed by atoms with van der Waals surface area (Å²) in [5, 5.41) is 0. The molecule has 0 amide bonds. The second kappa shape index (κ2) is 6.43. The summed E-state index contributed by atoms with van der Waals surface area (Å²) in [6, 6.07) is 6.95. The van der Waals surface area contributed by atoms with E-state index in [9.17, 15) is 18.0 Å². The molecule has 0 N–H and O–H groups in total. The smallest absolute Gasteiger partial charge is 0.310 e. The number of carbonyl (C=O) groups excluding carboxylic acids is 1. The molecule has 21 heavy (non-hydrogen) atoms. The van der Waals surface area contributed by atoms with Crippen molar-refractivity contribution in [3.63, 3.8) is 0 Å². The molecule has 0 aliphatic rings. The fourth-order valence-corrected chi connectivity index (χ4v) is 1.97. The first-order chi connectivity index (χ1) is 10.0. The zero-order valence-corrected chi connectivity index (χ0v) is 11.3. The third-order valence-corrected chi connectivity index (χ3v) is 2.91. The van der Waals surface area contributed by atoms with Crippen LogP contribution in [0.3, 0.4) is 0 Å². The minimum atomic E-state index is -0.841. The number of rotatable bonds is 4. The first-order valence-corrected chi connectivity index (χ1v) is 6.40. The maximum atomic E-state index is 14.0. The zero-order valence-electron chi connectivity index (χ0n) is 11.3. The molecule has 0 fully saturated rings. The molecular weight excluding hydrogens is 281 g/mol. The monoisotopic (exact) mass is 294 g/mol. The van der Waals surface area contributed by atoms with E-state index in [0.717, 1.165) is 12.1 Å². The molecule has 2 rings (SSSR count). The predicted molar refractivity (Wildman–Crippen MR) is 72.1 cm³/mol. The lowest BCUT2D eigenvalue weighted by atomic mass is 10.0. The van der Waals surface area contributed by atoms with Crippen molar-refractivity contribution in [3.05, 3.63) is 59.4 Å². The predicted octanol–water partition coefficient (Wildman–Crippen LogP) is 3.88. The maximum Gasteiger partial charge on any atom is 0.310 e. The van der Waals surface area contributed by atoms with Crippen molar-refractivity contribution in [1.29, 1.82) is 0 Å². The van der Waals surface area contributed by atoms with Crippen LogP contribution in [0.25, 0.3) is 11.1 Å². The summed E-state index contributed by atoms with van der Waals surface area (Å²) in [5.74, 6) is -2.71. The molecule has 0 heterocycles. The number of hydrogen-bond donors (Lipinski definition) is 0. The summed E-state index contributed by atoms with van der Waals surface area (Å²) in [5.41, 5.74) is 0.411. The van der Waals surface area contributed by atoms with Crippen LogP contribution < -0.4 is 0 Å². The van der Waals surface area contributed by atoms with Crippen LogP contribution >= 0.6 is 0 Å². The molecule has 0 aromatic heterocycles. The Bertz CT molecular complexity index is 669. The van der Waals surface area contributed by atoms with Crippen molar-refractivity contribution in [3.8, 4) is 11.1 Å². The Morgan fingerprint density at radius 3 is 2.19 bits per heavy atom. The van der Waals surface area contributed by atoms with Crippen molar-refractivity contribution in [2.45, 2.75) is 13.3 Å². The number of benzene rings is 2. The van der Waals surface area contributed by atoms with E-state index in [1.54, 1.807) is 6.92 Å². The van der Waals surface area contributed by atoms with Crippen LogP contribution in [0.2, 0.25) is 0 Å². The highest BCUT2D eigenvalue weighted by atomic mass is 19.1. The van der Waals surface area contributed by atoms with Crippen molar-refractivity contribution in [2.24, 2.45) is 0 Å². The molecule has 110 valence electrons. The van der Waals surface area contributed by atoms with E-state index in [1.807, 2.05) is 0 Å². The third kappa shape index (κ3) is 3.62. The van der Waals surface area contributed by atoms with Gasteiger partial charge in [-0.3, -0.25) is 4.79 Å². The van der Waals surface area contributed by atoms with Crippen LogP contribution in [0.4, 0.5) is 13.2 Å². The van der Waals surface area contributed by atoms with Gasteiger partial charge < -0.3 is 4.74 Å². The second-order valence-electron chi connectivity index (χ2n) is 4.42. The summed E-state index contributed by atoms with van der Waals surface area (Å²) in [4.78, 5) is 11.3. The van der Waals surface area contributed by atoms with Gasteiger partial charge in [-0.05, 0) is 30.7 Å². The van der Waals surface area contributed by atoms with Gasteiger partial charge in [-0.25, -0.2) is 13.2 Å². The van der Waals surface area contributed by atoms with Crippen LogP contribution in [-0.4, -0.2) is 12.6 Å². The topological polar surface area (TPSA) is 26.3 Å². The molecule has 5 heteroatoms. The fourth-order valence-electron chi connectivity index (χ4n) is 1.97. The van der Waals surface area contributed by atoms with Crippen molar-refractivity contribution < 1.29 is 22.7 Å². The van der Waals surface area contributed by atoms with Gasteiger partial charge in [0.25, 0.3) is 0 Å². The van der Waals surface area contributed by atoms with Crippen LogP contribution in [0.15, 0.2) is 36.4 Å². The standard InChI is InChI=1S/C16H13F3O2/c1-2-21-16(20)8-10-3-5-12(14(18)7-10)13-6-4-11(17)9-15(13)19/h3-7,9H,2,8H2,1H3. The number of halogens is 3. The molecule has 0 atom stereocenters. The fraction of sp³-hybridized carbons (Fsp3) is 0.188. The summed E-state index contributed by atoms with van der Waals surface area (Å²) >= 11 is 0. The Labute approximate surface area is 120 Å².